The zero-order chi connectivity index (χ0) is 28.9. The molecule has 0 bridgehead atoms. The lowest BCUT2D eigenvalue weighted by atomic mass is 9.98. The van der Waals surface area contributed by atoms with Gasteiger partial charge in [0, 0.05) is 29.8 Å². The zero-order valence-electron chi connectivity index (χ0n) is 23.0. The second-order valence-corrected chi connectivity index (χ2v) is 9.15. The highest BCUT2D eigenvalue weighted by Gasteiger charge is 2.29. The monoisotopic (exact) mass is 546 g/mol. The van der Waals surface area contributed by atoms with Crippen molar-refractivity contribution in [2.24, 2.45) is 11.7 Å². The fraction of sp³-hybridized carbons (Fsp3) is 0.464. The number of carboxylic acid groups (broad SMARTS) is 1. The molecular formula is C28H39FN4O6. The number of rotatable bonds is 11. The number of anilines is 1. The Labute approximate surface area is 228 Å². The molecule has 10 nitrogen and oxygen atoms in total. The number of carbonyl (C=O) groups is 2. The van der Waals surface area contributed by atoms with Gasteiger partial charge in [-0.15, -0.1) is 0 Å². The van der Waals surface area contributed by atoms with Crippen molar-refractivity contribution in [2.45, 2.75) is 39.7 Å². The summed E-state index contributed by atoms with van der Waals surface area (Å²) < 4.78 is 32.6. The number of hydrogen-bond acceptors (Lipinski definition) is 8. The van der Waals surface area contributed by atoms with E-state index < -0.39 is 23.8 Å². The summed E-state index contributed by atoms with van der Waals surface area (Å²) in [5, 5.41) is 18.0. The van der Waals surface area contributed by atoms with Crippen molar-refractivity contribution in [2.75, 3.05) is 45.3 Å². The molecule has 1 fully saturated rings. The van der Waals surface area contributed by atoms with E-state index in [1.54, 1.807) is 31.2 Å². The normalized spacial score (nSPS) is 14.4. The van der Waals surface area contributed by atoms with Crippen molar-refractivity contribution < 1.29 is 33.3 Å². The molecule has 1 saturated heterocycles. The summed E-state index contributed by atoms with van der Waals surface area (Å²) in [4.78, 5) is 24.2. The van der Waals surface area contributed by atoms with Crippen LogP contribution < -0.4 is 20.5 Å². The molecule has 1 unspecified atom stereocenters. The summed E-state index contributed by atoms with van der Waals surface area (Å²) in [6, 6.07) is 8.53. The fourth-order valence-electron chi connectivity index (χ4n) is 4.00. The van der Waals surface area contributed by atoms with Crippen molar-refractivity contribution in [1.29, 1.82) is 5.41 Å². The van der Waals surface area contributed by atoms with Crippen LogP contribution in [0, 0.1) is 17.1 Å². The van der Waals surface area contributed by atoms with Gasteiger partial charge < -0.3 is 35.3 Å². The SMILES string of the molecule is CC(=O)O.CCOC(=O)C(Nc1ccc(C(=N)N)cc1)c1cc(OCC)cc(OCC2CCN(C)CC2)c1F. The number of piperidine rings is 1. The minimum atomic E-state index is -1.13. The third-order valence-corrected chi connectivity index (χ3v) is 6.00. The van der Waals surface area contributed by atoms with Crippen LogP contribution in [-0.2, 0) is 14.3 Å². The number of carboxylic acids is 1. The Bertz CT molecular complexity index is 1100. The standard InChI is InChI=1S/C26H35FN4O4.C2H4O2/c1-4-33-20-14-21(23(27)22(15-20)35-16-17-10-12-31(3)13-11-17)24(26(32)34-5-2)30-19-8-6-18(7-9-19)25(28)29;1-2(3)4/h6-9,14-15,17,24,30H,4-5,10-13,16H2,1-3H3,(H3,28,29);1H3,(H,3,4). The number of ether oxygens (including phenoxy) is 3. The molecule has 2 aromatic carbocycles. The molecule has 0 aliphatic carbocycles. The van der Waals surface area contributed by atoms with Gasteiger partial charge in [0.05, 0.1) is 19.8 Å². The molecule has 214 valence electrons. The van der Waals surface area contributed by atoms with Gasteiger partial charge in [0.2, 0.25) is 0 Å². The van der Waals surface area contributed by atoms with Crippen molar-refractivity contribution >= 4 is 23.5 Å². The quantitative estimate of drug-likeness (QED) is 0.186. The first kappa shape index (κ1) is 31.4. The van der Waals surface area contributed by atoms with Crippen LogP contribution in [0.15, 0.2) is 36.4 Å². The fourth-order valence-corrected chi connectivity index (χ4v) is 4.00. The number of halogens is 1. The third kappa shape index (κ3) is 10.1. The lowest BCUT2D eigenvalue weighted by molar-refractivity contribution is -0.144. The lowest BCUT2D eigenvalue weighted by Gasteiger charge is -2.29. The molecule has 5 N–H and O–H groups in total. The summed E-state index contributed by atoms with van der Waals surface area (Å²) in [6.07, 6.45) is 1.97. The Hall–Kier alpha value is -3.86. The highest BCUT2D eigenvalue weighted by Crippen LogP contribution is 2.34. The van der Waals surface area contributed by atoms with Crippen molar-refractivity contribution in [3.05, 3.63) is 53.3 Å². The van der Waals surface area contributed by atoms with Gasteiger partial charge in [-0.05, 0) is 83.1 Å². The molecule has 1 atom stereocenters. The number of amidine groups is 1. The number of likely N-dealkylation sites (tertiary alicyclic amines) is 1. The number of hydrogen-bond donors (Lipinski definition) is 4. The van der Waals surface area contributed by atoms with Crippen LogP contribution in [0.2, 0.25) is 0 Å². The molecule has 1 aliphatic heterocycles. The van der Waals surface area contributed by atoms with Crippen LogP contribution in [0.1, 0.15) is 50.8 Å². The van der Waals surface area contributed by atoms with Crippen LogP contribution in [-0.4, -0.2) is 67.7 Å². The van der Waals surface area contributed by atoms with Gasteiger partial charge in [0.15, 0.2) is 17.6 Å². The topological polar surface area (TPSA) is 147 Å². The molecule has 2 aromatic rings. The number of benzene rings is 2. The number of nitrogens with one attached hydrogen (secondary N) is 2. The Balaban J connectivity index is 0.00000124. The molecule has 0 amide bonds. The molecule has 0 aromatic heterocycles. The van der Waals surface area contributed by atoms with E-state index in [0.29, 0.717) is 36.1 Å². The molecule has 1 aliphatic rings. The zero-order valence-corrected chi connectivity index (χ0v) is 23.0. The average Bonchev–Trinajstić information content (AvgIpc) is 2.88. The third-order valence-electron chi connectivity index (χ3n) is 6.00. The van der Waals surface area contributed by atoms with E-state index in [9.17, 15) is 4.79 Å². The molecular weight excluding hydrogens is 507 g/mol. The molecule has 39 heavy (non-hydrogen) atoms. The van der Waals surface area contributed by atoms with Crippen LogP contribution in [0.4, 0.5) is 10.1 Å². The smallest absolute Gasteiger partial charge is 0.333 e. The number of carbonyl (C=O) groups excluding carboxylic acids is 1. The van der Waals surface area contributed by atoms with E-state index in [-0.39, 0.29) is 23.8 Å². The van der Waals surface area contributed by atoms with Gasteiger partial charge in [-0.25, -0.2) is 9.18 Å². The van der Waals surface area contributed by atoms with Crippen LogP contribution in [0.5, 0.6) is 11.5 Å². The predicted molar refractivity (Wildman–Crippen MR) is 147 cm³/mol. The summed E-state index contributed by atoms with van der Waals surface area (Å²) >= 11 is 0. The molecule has 11 heteroatoms. The maximum Gasteiger partial charge on any atom is 0.333 e. The van der Waals surface area contributed by atoms with Gasteiger partial charge in [-0.2, -0.15) is 0 Å². The molecule has 3 rings (SSSR count). The second kappa shape index (κ2) is 15.5. The van der Waals surface area contributed by atoms with E-state index in [1.807, 2.05) is 6.92 Å². The van der Waals surface area contributed by atoms with Crippen molar-refractivity contribution in [1.82, 2.24) is 4.90 Å². The minimum absolute atomic E-state index is 0.0490. The van der Waals surface area contributed by atoms with E-state index in [4.69, 9.17) is 35.3 Å². The van der Waals surface area contributed by atoms with Gasteiger partial charge in [0.25, 0.3) is 5.97 Å². The number of nitrogens with zero attached hydrogens (tertiary/aromatic N) is 1. The number of nitrogens with two attached hydrogens (primary N) is 1. The lowest BCUT2D eigenvalue weighted by Crippen LogP contribution is -2.32. The Kier molecular flexibility index (Phi) is 12.5. The summed E-state index contributed by atoms with van der Waals surface area (Å²) in [5.74, 6) is -1.37. The Morgan fingerprint density at radius 3 is 2.31 bits per heavy atom. The van der Waals surface area contributed by atoms with Gasteiger partial charge in [-0.3, -0.25) is 10.2 Å². The van der Waals surface area contributed by atoms with E-state index in [0.717, 1.165) is 32.9 Å². The highest BCUT2D eigenvalue weighted by atomic mass is 19.1. The number of esters is 1. The van der Waals surface area contributed by atoms with E-state index in [2.05, 4.69) is 17.3 Å². The van der Waals surface area contributed by atoms with Crippen LogP contribution >= 0.6 is 0 Å². The second-order valence-electron chi connectivity index (χ2n) is 9.15. The van der Waals surface area contributed by atoms with Gasteiger partial charge in [0.1, 0.15) is 11.6 Å². The minimum Gasteiger partial charge on any atom is -0.494 e. The Morgan fingerprint density at radius 1 is 1.15 bits per heavy atom. The maximum atomic E-state index is 15.8. The summed E-state index contributed by atoms with van der Waals surface area (Å²) in [7, 11) is 2.09. The highest BCUT2D eigenvalue weighted by molar-refractivity contribution is 5.95. The largest absolute Gasteiger partial charge is 0.494 e. The first-order valence-electron chi connectivity index (χ1n) is 12.9. The van der Waals surface area contributed by atoms with Crippen LogP contribution in [0.3, 0.4) is 0 Å². The van der Waals surface area contributed by atoms with Crippen LogP contribution in [0.25, 0.3) is 0 Å². The molecule has 0 spiro atoms. The Morgan fingerprint density at radius 2 is 1.77 bits per heavy atom. The number of nitrogen functional groups attached to an aromatic ring is 1. The molecule has 1 heterocycles. The predicted octanol–water partition coefficient (Wildman–Crippen LogP) is 4.04. The maximum absolute atomic E-state index is 15.8. The molecule has 0 radical (unpaired) electrons. The van der Waals surface area contributed by atoms with Gasteiger partial charge >= 0.3 is 5.97 Å². The van der Waals surface area contributed by atoms with E-state index in [1.165, 1.54) is 12.1 Å². The van der Waals surface area contributed by atoms with Gasteiger partial charge in [-0.1, -0.05) is 0 Å². The number of aliphatic carboxylic acids is 1. The first-order valence-corrected chi connectivity index (χ1v) is 12.9. The molecule has 0 saturated carbocycles. The summed E-state index contributed by atoms with van der Waals surface area (Å²) in [5.41, 5.74) is 6.68. The summed E-state index contributed by atoms with van der Waals surface area (Å²) in [6.45, 7) is 7.50. The average molecular weight is 547 g/mol. The first-order chi connectivity index (χ1) is 18.5. The van der Waals surface area contributed by atoms with Crippen molar-refractivity contribution in [3.63, 3.8) is 0 Å². The van der Waals surface area contributed by atoms with E-state index >= 15 is 4.39 Å². The van der Waals surface area contributed by atoms with Crippen molar-refractivity contribution in [3.8, 4) is 11.5 Å².